The summed E-state index contributed by atoms with van der Waals surface area (Å²) in [6, 6.07) is 7.39. The van der Waals surface area contributed by atoms with Crippen LogP contribution in [0.5, 0.6) is 0 Å². The third-order valence-corrected chi connectivity index (χ3v) is 6.26. The van der Waals surface area contributed by atoms with Gasteiger partial charge in [0.2, 0.25) is 11.8 Å². The number of hydrogen-bond donors (Lipinski definition) is 0. The second kappa shape index (κ2) is 7.63. The van der Waals surface area contributed by atoms with E-state index in [0.717, 1.165) is 31.2 Å². The first-order valence-corrected chi connectivity index (χ1v) is 10.1. The van der Waals surface area contributed by atoms with Crippen molar-refractivity contribution in [2.75, 3.05) is 13.1 Å². The van der Waals surface area contributed by atoms with Crippen molar-refractivity contribution in [1.82, 2.24) is 15.1 Å². The molecule has 2 aromatic rings. The molecule has 2 heterocycles. The zero-order valence-electron chi connectivity index (χ0n) is 15.7. The van der Waals surface area contributed by atoms with E-state index >= 15 is 0 Å². The minimum Gasteiger partial charge on any atom is -0.417 e. The number of piperidine rings is 1. The maximum Gasteiger partial charge on any atom is 0.470 e. The quantitative estimate of drug-likeness (QED) is 0.694. The first-order valence-electron chi connectivity index (χ1n) is 9.76. The third-order valence-electron chi connectivity index (χ3n) is 6.00. The molecule has 0 bridgehead atoms. The van der Waals surface area contributed by atoms with E-state index < -0.39 is 17.5 Å². The van der Waals surface area contributed by atoms with Crippen LogP contribution in [0.15, 0.2) is 28.7 Å². The summed E-state index contributed by atoms with van der Waals surface area (Å²) in [7, 11) is 0. The van der Waals surface area contributed by atoms with Crippen LogP contribution in [0.1, 0.15) is 61.8 Å². The fraction of sp³-hybridized carbons (Fsp3) is 0.550. The molecule has 2 fully saturated rings. The number of alkyl halides is 3. The van der Waals surface area contributed by atoms with Crippen molar-refractivity contribution in [2.24, 2.45) is 0 Å². The molecule has 1 unspecified atom stereocenters. The zero-order valence-corrected chi connectivity index (χ0v) is 16.5. The highest BCUT2D eigenvalue weighted by Crippen LogP contribution is 2.44. The number of nitrogens with zero attached hydrogens (tertiary/aromatic N) is 3. The highest BCUT2D eigenvalue weighted by molar-refractivity contribution is 6.30. The number of amides is 1. The number of carbonyl (C=O) groups is 1. The highest BCUT2D eigenvalue weighted by Gasteiger charge is 2.46. The van der Waals surface area contributed by atoms with Gasteiger partial charge in [-0.1, -0.05) is 36.6 Å². The summed E-state index contributed by atoms with van der Waals surface area (Å²) in [6.07, 6.45) is 0.0568. The minimum absolute atomic E-state index is 0.0255. The Bertz CT molecular complexity index is 876. The monoisotopic (exact) mass is 427 g/mol. The molecule has 9 heteroatoms. The molecule has 1 aliphatic carbocycles. The van der Waals surface area contributed by atoms with Gasteiger partial charge in [-0.25, -0.2) is 0 Å². The van der Waals surface area contributed by atoms with Crippen LogP contribution in [0.25, 0.3) is 0 Å². The molecule has 1 aliphatic heterocycles. The molecule has 4 rings (SSSR count). The van der Waals surface area contributed by atoms with E-state index in [1.165, 1.54) is 0 Å². The standard InChI is InChI=1S/C20H21ClF3N3O2/c21-15-7-5-14(6-8-15)19(9-1-2-10-19)18(28)27-11-3-4-13(12-27)16-25-26-17(29-16)20(22,23)24/h5-8,13H,1-4,9-12H2. The molecule has 1 aromatic carbocycles. The molecular formula is C20H21ClF3N3O2. The van der Waals surface area contributed by atoms with Crippen LogP contribution < -0.4 is 0 Å². The number of halogens is 4. The molecule has 5 nitrogen and oxygen atoms in total. The van der Waals surface area contributed by atoms with Crippen LogP contribution in [-0.2, 0) is 16.4 Å². The number of likely N-dealkylation sites (tertiary alicyclic amines) is 1. The van der Waals surface area contributed by atoms with Gasteiger partial charge in [0.1, 0.15) is 0 Å². The van der Waals surface area contributed by atoms with Gasteiger partial charge >= 0.3 is 12.1 Å². The van der Waals surface area contributed by atoms with Crippen LogP contribution >= 0.6 is 11.6 Å². The van der Waals surface area contributed by atoms with Gasteiger partial charge in [0.25, 0.3) is 0 Å². The smallest absolute Gasteiger partial charge is 0.417 e. The van der Waals surface area contributed by atoms with Gasteiger partial charge in [-0.3, -0.25) is 4.79 Å². The second-order valence-electron chi connectivity index (χ2n) is 7.83. The largest absolute Gasteiger partial charge is 0.470 e. The Balaban J connectivity index is 1.56. The molecule has 2 aliphatic rings. The average molecular weight is 428 g/mol. The number of aromatic nitrogens is 2. The van der Waals surface area contributed by atoms with E-state index in [1.54, 1.807) is 17.0 Å². The van der Waals surface area contributed by atoms with Crippen molar-refractivity contribution in [3.05, 3.63) is 46.6 Å². The first kappa shape index (κ1) is 20.2. The summed E-state index contributed by atoms with van der Waals surface area (Å²) in [5.74, 6) is -1.76. The summed E-state index contributed by atoms with van der Waals surface area (Å²) in [6.45, 7) is 0.860. The Morgan fingerprint density at radius 3 is 2.45 bits per heavy atom. The summed E-state index contributed by atoms with van der Waals surface area (Å²) >= 11 is 6.01. The summed E-state index contributed by atoms with van der Waals surface area (Å²) < 4.78 is 43.2. The van der Waals surface area contributed by atoms with E-state index in [9.17, 15) is 18.0 Å². The predicted molar refractivity (Wildman–Crippen MR) is 99.5 cm³/mol. The van der Waals surface area contributed by atoms with Gasteiger partial charge in [-0.15, -0.1) is 10.2 Å². The van der Waals surface area contributed by atoms with Gasteiger partial charge in [0.15, 0.2) is 0 Å². The molecule has 29 heavy (non-hydrogen) atoms. The molecule has 1 saturated heterocycles. The van der Waals surface area contributed by atoms with Gasteiger partial charge in [-0.05, 0) is 43.4 Å². The predicted octanol–water partition coefficient (Wildman–Crippen LogP) is 4.96. The van der Waals surface area contributed by atoms with Crippen molar-refractivity contribution < 1.29 is 22.4 Å². The lowest BCUT2D eigenvalue weighted by Crippen LogP contribution is -2.49. The fourth-order valence-electron chi connectivity index (χ4n) is 4.55. The minimum atomic E-state index is -4.67. The summed E-state index contributed by atoms with van der Waals surface area (Å²) in [4.78, 5) is 15.4. The lowest BCUT2D eigenvalue weighted by molar-refractivity contribution is -0.158. The van der Waals surface area contributed by atoms with Crippen molar-refractivity contribution in [3.8, 4) is 0 Å². The molecule has 0 spiro atoms. The van der Waals surface area contributed by atoms with Crippen LogP contribution in [-0.4, -0.2) is 34.1 Å². The van der Waals surface area contributed by atoms with Gasteiger partial charge in [-0.2, -0.15) is 13.2 Å². The molecular weight excluding hydrogens is 407 g/mol. The molecule has 0 radical (unpaired) electrons. The normalized spacial score (nSPS) is 22.1. The summed E-state index contributed by atoms with van der Waals surface area (Å²) in [5.41, 5.74) is 0.349. The lowest BCUT2D eigenvalue weighted by Gasteiger charge is -2.38. The Hall–Kier alpha value is -2.09. The second-order valence-corrected chi connectivity index (χ2v) is 8.27. The summed E-state index contributed by atoms with van der Waals surface area (Å²) in [5, 5.41) is 7.33. The number of benzene rings is 1. The van der Waals surface area contributed by atoms with Crippen molar-refractivity contribution >= 4 is 17.5 Å². The Morgan fingerprint density at radius 2 is 1.83 bits per heavy atom. The van der Waals surface area contributed by atoms with Crippen molar-refractivity contribution in [2.45, 2.75) is 56.0 Å². The topological polar surface area (TPSA) is 59.2 Å². The Kier molecular flexibility index (Phi) is 5.31. The first-order chi connectivity index (χ1) is 13.8. The van der Waals surface area contributed by atoms with E-state index in [0.29, 0.717) is 24.4 Å². The zero-order chi connectivity index (χ0) is 20.6. The number of rotatable bonds is 3. The van der Waals surface area contributed by atoms with Crippen LogP contribution in [0.3, 0.4) is 0 Å². The van der Waals surface area contributed by atoms with E-state index in [4.69, 9.17) is 16.0 Å². The van der Waals surface area contributed by atoms with Crippen molar-refractivity contribution in [1.29, 1.82) is 0 Å². The van der Waals surface area contributed by atoms with Crippen LogP contribution in [0, 0.1) is 0 Å². The lowest BCUT2D eigenvalue weighted by atomic mass is 9.77. The molecule has 1 amide bonds. The van der Waals surface area contributed by atoms with Crippen LogP contribution in [0.2, 0.25) is 5.02 Å². The number of carbonyl (C=O) groups excluding carboxylic acids is 1. The van der Waals surface area contributed by atoms with Gasteiger partial charge in [0.05, 0.1) is 11.3 Å². The average Bonchev–Trinajstić information content (AvgIpc) is 3.38. The highest BCUT2D eigenvalue weighted by atomic mass is 35.5. The fourth-order valence-corrected chi connectivity index (χ4v) is 4.68. The molecule has 1 atom stereocenters. The van der Waals surface area contributed by atoms with E-state index in [2.05, 4.69) is 10.2 Å². The maximum atomic E-state index is 13.6. The Morgan fingerprint density at radius 1 is 1.14 bits per heavy atom. The molecule has 1 saturated carbocycles. The molecule has 1 aromatic heterocycles. The molecule has 156 valence electrons. The van der Waals surface area contributed by atoms with Crippen molar-refractivity contribution in [3.63, 3.8) is 0 Å². The SMILES string of the molecule is O=C(N1CCCC(c2nnc(C(F)(F)F)o2)C1)C1(c2ccc(Cl)cc2)CCCC1. The number of hydrogen-bond acceptors (Lipinski definition) is 4. The molecule has 0 N–H and O–H groups in total. The van der Waals surface area contributed by atoms with Gasteiger partial charge < -0.3 is 9.32 Å². The van der Waals surface area contributed by atoms with E-state index in [-0.39, 0.29) is 24.3 Å². The third kappa shape index (κ3) is 3.86. The Labute approximate surface area is 171 Å². The maximum absolute atomic E-state index is 13.6. The van der Waals surface area contributed by atoms with Crippen LogP contribution in [0.4, 0.5) is 13.2 Å². The van der Waals surface area contributed by atoms with E-state index in [1.807, 2.05) is 12.1 Å². The van der Waals surface area contributed by atoms with Gasteiger partial charge in [0, 0.05) is 18.1 Å².